The maximum atomic E-state index is 14.1. The van der Waals surface area contributed by atoms with Crippen molar-refractivity contribution in [3.63, 3.8) is 0 Å². The van der Waals surface area contributed by atoms with Gasteiger partial charge in [0.15, 0.2) is 0 Å². The van der Waals surface area contributed by atoms with Crippen LogP contribution in [0.15, 0.2) is 30.9 Å². The van der Waals surface area contributed by atoms with Gasteiger partial charge in [-0.2, -0.15) is 23.1 Å². The average molecular weight is 598 g/mol. The summed E-state index contributed by atoms with van der Waals surface area (Å²) in [5, 5.41) is 0. The Morgan fingerprint density at radius 1 is 1.21 bits per heavy atom. The summed E-state index contributed by atoms with van der Waals surface area (Å²) in [5.41, 5.74) is 1.19. The summed E-state index contributed by atoms with van der Waals surface area (Å²) in [6.45, 7) is 14.5. The number of rotatable bonds is 7. The second-order valence-corrected chi connectivity index (χ2v) is 11.7. The molecule has 43 heavy (non-hydrogen) atoms. The van der Waals surface area contributed by atoms with Crippen molar-refractivity contribution in [1.82, 2.24) is 19.8 Å². The average Bonchev–Trinajstić information content (AvgIpc) is 3.44. The molecular weight excluding hydrogens is 559 g/mol. The van der Waals surface area contributed by atoms with Crippen LogP contribution in [0.4, 0.5) is 24.7 Å². The number of piperazine rings is 1. The fourth-order valence-electron chi connectivity index (χ4n) is 6.55. The summed E-state index contributed by atoms with van der Waals surface area (Å²) < 4.78 is 48.7. The Hall–Kier alpha value is -3.85. The van der Waals surface area contributed by atoms with E-state index in [-0.39, 0.29) is 48.4 Å². The Balaban J connectivity index is 1.50. The zero-order valence-corrected chi connectivity index (χ0v) is 24.9. The number of hydrogen-bond donors (Lipinski definition) is 0. The lowest BCUT2D eigenvalue weighted by atomic mass is 10.00. The minimum absolute atomic E-state index is 0.0662. The first-order valence-corrected chi connectivity index (χ1v) is 14.7. The number of halogens is 3. The first kappa shape index (κ1) is 30.6. The predicted octanol–water partition coefficient (Wildman–Crippen LogP) is 4.35. The Morgan fingerprint density at radius 2 is 2.00 bits per heavy atom. The van der Waals surface area contributed by atoms with E-state index in [1.54, 1.807) is 15.9 Å². The summed E-state index contributed by atoms with van der Waals surface area (Å²) in [7, 11) is 4.10. The quantitative estimate of drug-likeness (QED) is 0.347. The Bertz CT molecular complexity index is 1410. The Labute approximate surface area is 250 Å². The van der Waals surface area contributed by atoms with Crippen molar-refractivity contribution in [2.24, 2.45) is 0 Å². The van der Waals surface area contributed by atoms with Gasteiger partial charge >= 0.3 is 12.2 Å². The van der Waals surface area contributed by atoms with Gasteiger partial charge in [0.2, 0.25) is 12.5 Å². The van der Waals surface area contributed by atoms with Crippen LogP contribution in [-0.4, -0.2) is 90.7 Å². The van der Waals surface area contributed by atoms with E-state index in [0.717, 1.165) is 24.8 Å². The molecule has 230 valence electrons. The van der Waals surface area contributed by atoms with Gasteiger partial charge in [0, 0.05) is 43.5 Å². The SMILES string of the molecule is [C-]#[N+]C[C@H]1CN(c2nc(OC3CCC(N(C)C)C3)nc3c2CCN(c2cccc(C)c2C(F)(F)F)C3)CCN1C(=O)C=C. The predicted molar refractivity (Wildman–Crippen MR) is 158 cm³/mol. The molecule has 3 heterocycles. The number of benzene rings is 1. The Morgan fingerprint density at radius 3 is 2.67 bits per heavy atom. The highest BCUT2D eigenvalue weighted by Gasteiger charge is 2.39. The molecule has 1 amide bonds. The number of anilines is 2. The third-order valence-corrected chi connectivity index (χ3v) is 8.80. The fourth-order valence-corrected chi connectivity index (χ4v) is 6.55. The third kappa shape index (κ3) is 6.42. The second-order valence-electron chi connectivity index (χ2n) is 11.7. The molecule has 2 aromatic rings. The number of ether oxygens (including phenoxy) is 1. The summed E-state index contributed by atoms with van der Waals surface area (Å²) in [5.74, 6) is 0.454. The van der Waals surface area contributed by atoms with Gasteiger partial charge in [0.25, 0.3) is 0 Å². The van der Waals surface area contributed by atoms with Crippen molar-refractivity contribution in [1.29, 1.82) is 0 Å². The normalized spacial score (nSPS) is 22.4. The maximum Gasteiger partial charge on any atom is 0.418 e. The number of hydrogen-bond acceptors (Lipinski definition) is 7. The highest BCUT2D eigenvalue weighted by molar-refractivity contribution is 5.87. The summed E-state index contributed by atoms with van der Waals surface area (Å²) in [6, 6.07) is 4.92. The smallest absolute Gasteiger partial charge is 0.418 e. The van der Waals surface area contributed by atoms with E-state index >= 15 is 0 Å². The molecule has 1 aromatic carbocycles. The number of alkyl halides is 3. The first-order chi connectivity index (χ1) is 20.5. The highest BCUT2D eigenvalue weighted by Crippen LogP contribution is 2.41. The van der Waals surface area contributed by atoms with Gasteiger partial charge in [-0.3, -0.25) is 4.79 Å². The van der Waals surface area contributed by atoms with Gasteiger partial charge in [-0.05, 0) is 64.4 Å². The lowest BCUT2D eigenvalue weighted by Gasteiger charge is -2.41. The molecule has 1 saturated heterocycles. The van der Waals surface area contributed by atoms with Gasteiger partial charge in [-0.15, -0.1) is 0 Å². The lowest BCUT2D eigenvalue weighted by Crippen LogP contribution is -2.56. The van der Waals surface area contributed by atoms with Crippen molar-refractivity contribution >= 4 is 17.4 Å². The minimum atomic E-state index is -4.49. The topological polar surface area (TPSA) is 69.4 Å². The number of fused-ring (bicyclic) bond motifs is 1. The molecule has 1 aromatic heterocycles. The molecule has 9 nitrogen and oxygen atoms in total. The van der Waals surface area contributed by atoms with Crippen LogP contribution in [0, 0.1) is 13.5 Å². The lowest BCUT2D eigenvalue weighted by molar-refractivity contribution is -0.137. The third-order valence-electron chi connectivity index (χ3n) is 8.80. The molecule has 1 aliphatic carbocycles. The molecular formula is C31H38F3N7O2. The molecule has 2 unspecified atom stereocenters. The molecule has 12 heteroatoms. The van der Waals surface area contributed by atoms with Crippen LogP contribution in [0.2, 0.25) is 0 Å². The van der Waals surface area contributed by atoms with E-state index in [1.165, 1.54) is 25.1 Å². The van der Waals surface area contributed by atoms with Gasteiger partial charge < -0.3 is 29.2 Å². The number of amides is 1. The molecule has 2 aliphatic heterocycles. The highest BCUT2D eigenvalue weighted by atomic mass is 19.4. The molecule has 2 fully saturated rings. The van der Waals surface area contributed by atoms with E-state index in [9.17, 15) is 18.0 Å². The second kappa shape index (κ2) is 12.4. The van der Waals surface area contributed by atoms with Gasteiger partial charge in [0.1, 0.15) is 18.0 Å². The van der Waals surface area contributed by atoms with Crippen molar-refractivity contribution in [3.8, 4) is 6.01 Å². The molecule has 0 bridgehead atoms. The van der Waals surface area contributed by atoms with Crippen molar-refractivity contribution in [3.05, 3.63) is 64.7 Å². The maximum absolute atomic E-state index is 14.1. The molecule has 0 N–H and O–H groups in total. The molecule has 5 rings (SSSR count). The molecule has 3 aliphatic rings. The van der Waals surface area contributed by atoms with E-state index < -0.39 is 11.7 Å². The summed E-state index contributed by atoms with van der Waals surface area (Å²) >= 11 is 0. The van der Waals surface area contributed by atoms with Crippen LogP contribution in [0.1, 0.15) is 41.6 Å². The van der Waals surface area contributed by atoms with E-state index in [2.05, 4.69) is 21.2 Å². The summed E-state index contributed by atoms with van der Waals surface area (Å²) in [4.78, 5) is 33.4. The van der Waals surface area contributed by atoms with Crippen LogP contribution in [0.3, 0.4) is 0 Å². The summed E-state index contributed by atoms with van der Waals surface area (Å²) in [6.07, 6.45) is -0.152. The van der Waals surface area contributed by atoms with E-state index in [1.807, 2.05) is 14.1 Å². The first-order valence-electron chi connectivity index (χ1n) is 14.7. The molecule has 0 radical (unpaired) electrons. The molecule has 1 saturated carbocycles. The molecule has 3 atom stereocenters. The zero-order chi connectivity index (χ0) is 30.9. The largest absolute Gasteiger partial charge is 0.460 e. The number of carbonyl (C=O) groups is 1. The van der Waals surface area contributed by atoms with Gasteiger partial charge in [0.05, 0.1) is 17.8 Å². The molecule has 0 spiro atoms. The number of aromatic nitrogens is 2. The fraction of sp³-hybridized carbons (Fsp3) is 0.548. The van der Waals surface area contributed by atoms with E-state index in [4.69, 9.17) is 21.3 Å². The number of carbonyl (C=O) groups excluding carboxylic acids is 1. The van der Waals surface area contributed by atoms with Crippen LogP contribution in [0.5, 0.6) is 6.01 Å². The van der Waals surface area contributed by atoms with Crippen LogP contribution < -0.4 is 14.5 Å². The zero-order valence-electron chi connectivity index (χ0n) is 24.9. The number of aryl methyl sites for hydroxylation is 1. The van der Waals surface area contributed by atoms with Crippen molar-refractivity contribution in [2.75, 3.05) is 56.6 Å². The van der Waals surface area contributed by atoms with Crippen LogP contribution in [-0.2, 0) is 23.9 Å². The van der Waals surface area contributed by atoms with Crippen LogP contribution in [0.25, 0.3) is 4.85 Å². The Kier molecular flexibility index (Phi) is 8.83. The van der Waals surface area contributed by atoms with Crippen molar-refractivity contribution in [2.45, 2.75) is 63.5 Å². The minimum Gasteiger partial charge on any atom is -0.460 e. The van der Waals surface area contributed by atoms with Crippen molar-refractivity contribution < 1.29 is 22.7 Å². The van der Waals surface area contributed by atoms with Gasteiger partial charge in [-0.25, -0.2) is 6.57 Å². The monoisotopic (exact) mass is 597 g/mol. The van der Waals surface area contributed by atoms with Crippen LogP contribution >= 0.6 is 0 Å². The van der Waals surface area contributed by atoms with E-state index in [0.29, 0.717) is 50.2 Å². The van der Waals surface area contributed by atoms with Gasteiger partial charge in [-0.1, -0.05) is 18.7 Å². The number of nitrogens with zero attached hydrogens (tertiary/aromatic N) is 7. The standard InChI is InChI=1S/C31H38F3N7O2/c1-6-27(42)41-15-14-40(18-22(41)17-35-3)29-24-12-13-39(26-9-7-8-20(2)28(26)31(32,33)34)19-25(24)36-30(37-29)43-23-11-10-21(16-23)38(4)5/h6-9,21-23H,1,10-19H2,2,4-5H3/t21?,22-,23?/m0/s1.